The summed E-state index contributed by atoms with van der Waals surface area (Å²) in [5.74, 6) is -0.306. The average molecular weight is 399 g/mol. The van der Waals surface area contributed by atoms with Crippen molar-refractivity contribution in [1.82, 2.24) is 20.2 Å². The smallest absolute Gasteiger partial charge is 0.237 e. The molecule has 1 unspecified atom stereocenters. The first-order valence-corrected chi connectivity index (χ1v) is 9.78. The Balaban J connectivity index is 1.49. The van der Waals surface area contributed by atoms with Gasteiger partial charge in [-0.1, -0.05) is 23.9 Å². The van der Waals surface area contributed by atoms with E-state index in [1.165, 1.54) is 41.6 Å². The molecule has 27 heavy (non-hydrogen) atoms. The molecule has 4 aromatic rings. The summed E-state index contributed by atoms with van der Waals surface area (Å²) in [4.78, 5) is 21.1. The number of thiazole rings is 1. The van der Waals surface area contributed by atoms with Crippen LogP contribution in [0.25, 0.3) is 21.6 Å². The van der Waals surface area contributed by atoms with Crippen LogP contribution in [-0.2, 0) is 4.79 Å². The lowest BCUT2D eigenvalue weighted by atomic mass is 10.2. The number of halogens is 1. The predicted octanol–water partition coefficient (Wildman–Crippen LogP) is 4.34. The molecule has 4 rings (SSSR count). The lowest BCUT2D eigenvalue weighted by Crippen LogP contribution is -2.23. The monoisotopic (exact) mass is 399 g/mol. The molecule has 1 amide bonds. The number of amides is 1. The molecule has 6 nitrogen and oxygen atoms in total. The lowest BCUT2D eigenvalue weighted by molar-refractivity contribution is -0.115. The van der Waals surface area contributed by atoms with Gasteiger partial charge < -0.3 is 5.32 Å². The van der Waals surface area contributed by atoms with Gasteiger partial charge in [-0.05, 0) is 37.3 Å². The summed E-state index contributed by atoms with van der Waals surface area (Å²) >= 11 is 2.88. The second-order valence-electron chi connectivity index (χ2n) is 5.73. The SMILES string of the molecule is CC(Sc1nc2ccccc2s1)C(=O)Nc1cc(-c2ncn[nH]2)ccc1F. The predicted molar refractivity (Wildman–Crippen MR) is 105 cm³/mol. The molecule has 2 heterocycles. The van der Waals surface area contributed by atoms with Crippen molar-refractivity contribution in [2.24, 2.45) is 0 Å². The average Bonchev–Trinajstić information content (AvgIpc) is 3.32. The van der Waals surface area contributed by atoms with Crippen LogP contribution in [0, 0.1) is 5.82 Å². The highest BCUT2D eigenvalue weighted by atomic mass is 32.2. The number of carbonyl (C=O) groups excluding carboxylic acids is 1. The van der Waals surface area contributed by atoms with Gasteiger partial charge in [0.05, 0.1) is 21.2 Å². The van der Waals surface area contributed by atoms with Crippen LogP contribution in [0.15, 0.2) is 53.1 Å². The fourth-order valence-electron chi connectivity index (χ4n) is 2.45. The van der Waals surface area contributed by atoms with Crippen molar-refractivity contribution in [2.45, 2.75) is 16.5 Å². The Labute approximate surface area is 162 Å². The van der Waals surface area contributed by atoms with Crippen LogP contribution in [0.3, 0.4) is 0 Å². The number of thioether (sulfide) groups is 1. The molecule has 2 aromatic carbocycles. The molecule has 0 aliphatic carbocycles. The number of H-pyrrole nitrogens is 1. The van der Waals surface area contributed by atoms with E-state index in [-0.39, 0.29) is 11.6 Å². The molecule has 2 N–H and O–H groups in total. The summed E-state index contributed by atoms with van der Waals surface area (Å²) in [5, 5.41) is 8.71. The van der Waals surface area contributed by atoms with Gasteiger partial charge in [-0.15, -0.1) is 11.3 Å². The number of fused-ring (bicyclic) bond motifs is 1. The second kappa shape index (κ2) is 7.45. The Kier molecular flexibility index (Phi) is 4.87. The molecule has 0 saturated heterocycles. The number of rotatable bonds is 5. The maximum Gasteiger partial charge on any atom is 0.237 e. The highest BCUT2D eigenvalue weighted by molar-refractivity contribution is 8.02. The minimum atomic E-state index is -0.510. The van der Waals surface area contributed by atoms with Gasteiger partial charge in [-0.2, -0.15) is 5.10 Å². The quantitative estimate of drug-likeness (QED) is 0.488. The van der Waals surface area contributed by atoms with Crippen LogP contribution in [0.1, 0.15) is 6.92 Å². The first-order valence-electron chi connectivity index (χ1n) is 8.08. The minimum Gasteiger partial charge on any atom is -0.323 e. The van der Waals surface area contributed by atoms with Crippen LogP contribution >= 0.6 is 23.1 Å². The van der Waals surface area contributed by atoms with Gasteiger partial charge in [0.1, 0.15) is 12.1 Å². The molecule has 1 atom stereocenters. The topological polar surface area (TPSA) is 83.6 Å². The van der Waals surface area contributed by atoms with Gasteiger partial charge in [-0.3, -0.25) is 9.89 Å². The first kappa shape index (κ1) is 17.6. The van der Waals surface area contributed by atoms with Gasteiger partial charge in [-0.25, -0.2) is 14.4 Å². The number of carbonyl (C=O) groups is 1. The number of benzene rings is 2. The van der Waals surface area contributed by atoms with E-state index in [9.17, 15) is 9.18 Å². The Bertz CT molecular complexity index is 1060. The van der Waals surface area contributed by atoms with Crippen LogP contribution in [0.2, 0.25) is 0 Å². The van der Waals surface area contributed by atoms with E-state index in [1.807, 2.05) is 24.3 Å². The van der Waals surface area contributed by atoms with Crippen molar-refractivity contribution >= 4 is 44.9 Å². The molecule has 0 bridgehead atoms. The van der Waals surface area contributed by atoms with E-state index in [4.69, 9.17) is 0 Å². The molecule has 0 saturated carbocycles. The molecule has 0 aliphatic heterocycles. The molecular weight excluding hydrogens is 385 g/mol. The standard InChI is InChI=1S/C18H14FN5OS2/c1-10(26-18-23-13-4-2-3-5-15(13)27-18)17(25)22-14-8-11(6-7-12(14)19)16-20-9-21-24-16/h2-10H,1H3,(H,22,25)(H,20,21,24). The van der Waals surface area contributed by atoms with Gasteiger partial charge in [0, 0.05) is 5.56 Å². The molecule has 0 radical (unpaired) electrons. The maximum atomic E-state index is 14.1. The van der Waals surface area contributed by atoms with E-state index < -0.39 is 11.1 Å². The highest BCUT2D eigenvalue weighted by Crippen LogP contribution is 2.32. The first-order chi connectivity index (χ1) is 13.1. The summed E-state index contributed by atoms with van der Waals surface area (Å²) in [7, 11) is 0. The van der Waals surface area contributed by atoms with E-state index in [0.29, 0.717) is 11.4 Å². The Morgan fingerprint density at radius 1 is 1.30 bits per heavy atom. The number of anilines is 1. The molecule has 0 fully saturated rings. The third-order valence-electron chi connectivity index (χ3n) is 3.83. The summed E-state index contributed by atoms with van der Waals surface area (Å²) in [6.07, 6.45) is 1.37. The van der Waals surface area contributed by atoms with E-state index in [0.717, 1.165) is 14.6 Å². The second-order valence-corrected chi connectivity index (χ2v) is 8.34. The van der Waals surface area contributed by atoms with Crippen molar-refractivity contribution in [2.75, 3.05) is 5.32 Å². The third kappa shape index (κ3) is 3.83. The molecule has 0 aliphatic rings. The molecular formula is C18H14FN5OS2. The number of para-hydroxylation sites is 1. The number of aromatic nitrogens is 4. The van der Waals surface area contributed by atoms with Crippen LogP contribution < -0.4 is 5.32 Å². The van der Waals surface area contributed by atoms with E-state index in [1.54, 1.807) is 13.0 Å². The largest absolute Gasteiger partial charge is 0.323 e. The fraction of sp³-hybridized carbons (Fsp3) is 0.111. The Hall–Kier alpha value is -2.78. The van der Waals surface area contributed by atoms with Gasteiger partial charge in [0.25, 0.3) is 0 Å². The van der Waals surface area contributed by atoms with Crippen molar-refractivity contribution in [1.29, 1.82) is 0 Å². The Morgan fingerprint density at radius 2 is 2.15 bits per heavy atom. The van der Waals surface area contributed by atoms with E-state index >= 15 is 0 Å². The van der Waals surface area contributed by atoms with Crippen LogP contribution in [0.5, 0.6) is 0 Å². The number of hydrogen-bond donors (Lipinski definition) is 2. The van der Waals surface area contributed by atoms with Crippen LogP contribution in [0.4, 0.5) is 10.1 Å². The number of hydrogen-bond acceptors (Lipinski definition) is 6. The zero-order valence-electron chi connectivity index (χ0n) is 14.1. The highest BCUT2D eigenvalue weighted by Gasteiger charge is 2.19. The van der Waals surface area contributed by atoms with Gasteiger partial charge in [0.2, 0.25) is 5.91 Å². The fourth-order valence-corrected chi connectivity index (χ4v) is 4.66. The number of nitrogens with zero attached hydrogens (tertiary/aromatic N) is 3. The van der Waals surface area contributed by atoms with Crippen molar-refractivity contribution in [3.63, 3.8) is 0 Å². The summed E-state index contributed by atoms with van der Waals surface area (Å²) in [6.45, 7) is 1.77. The number of nitrogens with one attached hydrogen (secondary N) is 2. The minimum absolute atomic E-state index is 0.102. The molecule has 136 valence electrons. The van der Waals surface area contributed by atoms with Crippen molar-refractivity contribution in [3.8, 4) is 11.4 Å². The summed E-state index contributed by atoms with van der Waals surface area (Å²) in [5.41, 5.74) is 1.64. The number of aromatic amines is 1. The zero-order valence-corrected chi connectivity index (χ0v) is 15.8. The van der Waals surface area contributed by atoms with Crippen molar-refractivity contribution in [3.05, 3.63) is 54.6 Å². The molecule has 9 heteroatoms. The Morgan fingerprint density at radius 3 is 2.93 bits per heavy atom. The normalized spacial score (nSPS) is 12.2. The lowest BCUT2D eigenvalue weighted by Gasteiger charge is -2.12. The molecule has 2 aromatic heterocycles. The third-order valence-corrected chi connectivity index (χ3v) is 6.06. The molecule has 0 spiro atoms. The summed E-state index contributed by atoms with van der Waals surface area (Å²) < 4.78 is 16.0. The summed E-state index contributed by atoms with van der Waals surface area (Å²) in [6, 6.07) is 12.2. The van der Waals surface area contributed by atoms with Crippen LogP contribution in [-0.4, -0.2) is 31.3 Å². The van der Waals surface area contributed by atoms with Gasteiger partial charge >= 0.3 is 0 Å². The van der Waals surface area contributed by atoms with Gasteiger partial charge in [0.15, 0.2) is 10.2 Å². The maximum absolute atomic E-state index is 14.1. The van der Waals surface area contributed by atoms with E-state index in [2.05, 4.69) is 25.5 Å². The zero-order chi connectivity index (χ0) is 18.8. The van der Waals surface area contributed by atoms with Crippen molar-refractivity contribution < 1.29 is 9.18 Å².